The Bertz CT molecular complexity index is 2690. The summed E-state index contributed by atoms with van der Waals surface area (Å²) in [6, 6.07) is 57.9. The molecule has 0 atom stereocenters. The molecule has 1 aliphatic carbocycles. The van der Waals surface area contributed by atoms with E-state index in [1.807, 2.05) is 0 Å². The highest BCUT2D eigenvalue weighted by Gasteiger charge is 2.38. The van der Waals surface area contributed by atoms with Crippen LogP contribution in [0.25, 0.3) is 77.2 Å². The second-order valence-corrected chi connectivity index (χ2v) is 13.4. The highest BCUT2D eigenvalue weighted by atomic mass is 15.0. The third kappa shape index (κ3) is 3.61. The van der Waals surface area contributed by atoms with Gasteiger partial charge in [-0.2, -0.15) is 0 Å². The molecule has 2 aromatic heterocycles. The van der Waals surface area contributed by atoms with Gasteiger partial charge in [0.15, 0.2) is 0 Å². The van der Waals surface area contributed by atoms with E-state index >= 15 is 0 Å². The molecular weight excluding hydrogens is 569 g/mol. The van der Waals surface area contributed by atoms with Gasteiger partial charge in [0, 0.05) is 38.3 Å². The summed E-state index contributed by atoms with van der Waals surface area (Å²) in [6.45, 7) is 4.78. The van der Waals surface area contributed by atoms with E-state index in [4.69, 9.17) is 0 Å². The number of nitrogens with zero attached hydrogens (tertiary/aromatic N) is 2. The van der Waals surface area contributed by atoms with Crippen molar-refractivity contribution < 1.29 is 0 Å². The lowest BCUT2D eigenvalue weighted by Crippen LogP contribution is -2.15. The van der Waals surface area contributed by atoms with Crippen molar-refractivity contribution >= 4 is 43.6 Å². The molecular formula is C45H32N2. The van der Waals surface area contributed by atoms with E-state index in [1.54, 1.807) is 0 Å². The van der Waals surface area contributed by atoms with Gasteiger partial charge in [0.05, 0.1) is 22.1 Å². The quantitative estimate of drug-likeness (QED) is 0.191. The fourth-order valence-corrected chi connectivity index (χ4v) is 8.43. The minimum atomic E-state index is -0.116. The number of para-hydroxylation sites is 3. The molecule has 2 heterocycles. The van der Waals surface area contributed by atoms with Gasteiger partial charge in [0.1, 0.15) is 0 Å². The summed E-state index contributed by atoms with van der Waals surface area (Å²) in [6.07, 6.45) is 0. The van der Waals surface area contributed by atoms with Crippen LogP contribution in [0.3, 0.4) is 0 Å². The van der Waals surface area contributed by atoms with Crippen molar-refractivity contribution in [2.75, 3.05) is 0 Å². The van der Waals surface area contributed by atoms with Crippen LogP contribution >= 0.6 is 0 Å². The van der Waals surface area contributed by atoms with Gasteiger partial charge in [0.2, 0.25) is 0 Å². The first kappa shape index (κ1) is 26.4. The Balaban J connectivity index is 1.26. The van der Waals surface area contributed by atoms with Crippen LogP contribution in [-0.4, -0.2) is 9.13 Å². The van der Waals surface area contributed by atoms with Crippen LogP contribution in [0.4, 0.5) is 0 Å². The lowest BCUT2D eigenvalue weighted by molar-refractivity contribution is 0.666. The maximum atomic E-state index is 2.45. The Kier molecular flexibility index (Phi) is 5.37. The first-order valence-corrected chi connectivity index (χ1v) is 16.5. The topological polar surface area (TPSA) is 9.86 Å². The molecule has 0 N–H and O–H groups in total. The lowest BCUT2D eigenvalue weighted by Gasteiger charge is -2.22. The van der Waals surface area contributed by atoms with E-state index in [0.717, 1.165) is 0 Å². The van der Waals surface area contributed by atoms with Gasteiger partial charge in [-0.05, 0) is 94.0 Å². The summed E-state index contributed by atoms with van der Waals surface area (Å²) in [5.41, 5.74) is 15.2. The summed E-state index contributed by atoms with van der Waals surface area (Å²) in [5.74, 6) is 0. The van der Waals surface area contributed by atoms with Crippen LogP contribution in [0.1, 0.15) is 25.0 Å². The molecule has 10 rings (SSSR count). The second kappa shape index (κ2) is 9.57. The van der Waals surface area contributed by atoms with Crippen molar-refractivity contribution in [3.63, 3.8) is 0 Å². The Labute approximate surface area is 273 Å². The Morgan fingerprint density at radius 3 is 1.66 bits per heavy atom. The largest absolute Gasteiger partial charge is 0.309 e. The van der Waals surface area contributed by atoms with Crippen LogP contribution in [0, 0.1) is 0 Å². The van der Waals surface area contributed by atoms with Crippen molar-refractivity contribution in [3.05, 3.63) is 169 Å². The van der Waals surface area contributed by atoms with Crippen molar-refractivity contribution in [2.45, 2.75) is 19.3 Å². The zero-order valence-electron chi connectivity index (χ0n) is 26.4. The maximum absolute atomic E-state index is 2.45. The van der Waals surface area contributed by atoms with Gasteiger partial charge in [-0.3, -0.25) is 0 Å². The minimum Gasteiger partial charge on any atom is -0.309 e. The molecule has 0 amide bonds. The minimum absolute atomic E-state index is 0.116. The van der Waals surface area contributed by atoms with E-state index in [0.29, 0.717) is 0 Å². The fourth-order valence-electron chi connectivity index (χ4n) is 8.43. The SMILES string of the molecule is CC1(C)c2ccccc2-c2ccc3c(c21)c1cc(-c2ccc4c(c2)c2ccccc2n4-c2ccccc2)ccc1n3-c1ccccc1. The molecule has 0 bridgehead atoms. The predicted molar refractivity (Wildman–Crippen MR) is 198 cm³/mol. The van der Waals surface area contributed by atoms with Gasteiger partial charge >= 0.3 is 0 Å². The molecule has 0 saturated carbocycles. The first-order chi connectivity index (χ1) is 23.1. The number of fused-ring (bicyclic) bond motifs is 10. The molecule has 2 heteroatoms. The molecule has 0 radical (unpaired) electrons. The summed E-state index contributed by atoms with van der Waals surface area (Å²) >= 11 is 0. The molecule has 0 fully saturated rings. The third-order valence-corrected chi connectivity index (χ3v) is 10.5. The molecule has 1 aliphatic rings. The highest BCUT2D eigenvalue weighted by molar-refractivity contribution is 6.16. The van der Waals surface area contributed by atoms with Crippen molar-refractivity contribution in [3.8, 4) is 33.6 Å². The summed E-state index contributed by atoms with van der Waals surface area (Å²) in [5, 5.41) is 5.19. The van der Waals surface area contributed by atoms with E-state index < -0.39 is 0 Å². The second-order valence-electron chi connectivity index (χ2n) is 13.4. The number of hydrogen-bond donors (Lipinski definition) is 0. The van der Waals surface area contributed by atoms with Crippen molar-refractivity contribution in [1.29, 1.82) is 0 Å². The molecule has 9 aromatic rings. The summed E-state index contributed by atoms with van der Waals surface area (Å²) in [7, 11) is 0. The van der Waals surface area contributed by atoms with E-state index in [1.165, 1.54) is 88.4 Å². The average molecular weight is 601 g/mol. The summed E-state index contributed by atoms with van der Waals surface area (Å²) < 4.78 is 4.83. The standard InChI is InChI=1S/C45H32N2/c1-45(2)38-19-11-9-17-33(38)35-23-26-42-43(44(35)45)37-28-30(22-25-41(37)47(42)32-15-7-4-8-16-32)29-21-24-40-36(27-29)34-18-10-12-20-39(34)46(40)31-13-5-3-6-14-31/h3-28H,1-2H3. The van der Waals surface area contributed by atoms with Gasteiger partial charge in [-0.15, -0.1) is 0 Å². The van der Waals surface area contributed by atoms with Crippen LogP contribution in [0.15, 0.2) is 158 Å². The first-order valence-electron chi connectivity index (χ1n) is 16.5. The maximum Gasteiger partial charge on any atom is 0.0544 e. The molecule has 0 saturated heterocycles. The van der Waals surface area contributed by atoms with E-state index in [9.17, 15) is 0 Å². The van der Waals surface area contributed by atoms with Gasteiger partial charge in [0.25, 0.3) is 0 Å². The van der Waals surface area contributed by atoms with Gasteiger partial charge in [-0.25, -0.2) is 0 Å². The molecule has 0 spiro atoms. The van der Waals surface area contributed by atoms with Crippen LogP contribution < -0.4 is 0 Å². The van der Waals surface area contributed by atoms with Gasteiger partial charge < -0.3 is 9.13 Å². The molecule has 2 nitrogen and oxygen atoms in total. The molecule has 0 aliphatic heterocycles. The van der Waals surface area contributed by atoms with Crippen molar-refractivity contribution in [2.24, 2.45) is 0 Å². The Hall–Kier alpha value is -5.86. The number of hydrogen-bond acceptors (Lipinski definition) is 0. The third-order valence-electron chi connectivity index (χ3n) is 10.5. The monoisotopic (exact) mass is 600 g/mol. The zero-order chi connectivity index (χ0) is 31.3. The molecule has 222 valence electrons. The number of aromatic nitrogens is 2. The van der Waals surface area contributed by atoms with E-state index in [-0.39, 0.29) is 5.41 Å². The van der Waals surface area contributed by atoms with Gasteiger partial charge in [-0.1, -0.05) is 111 Å². The fraction of sp³-hybridized carbons (Fsp3) is 0.0667. The molecule has 7 aromatic carbocycles. The van der Waals surface area contributed by atoms with Crippen molar-refractivity contribution in [1.82, 2.24) is 9.13 Å². The average Bonchev–Trinajstić information content (AvgIpc) is 3.71. The number of benzene rings is 7. The normalized spacial score (nSPS) is 13.5. The zero-order valence-corrected chi connectivity index (χ0v) is 26.4. The highest BCUT2D eigenvalue weighted by Crippen LogP contribution is 2.53. The number of rotatable bonds is 3. The Morgan fingerprint density at radius 2 is 0.936 bits per heavy atom. The Morgan fingerprint density at radius 1 is 0.404 bits per heavy atom. The lowest BCUT2D eigenvalue weighted by atomic mass is 9.80. The summed E-state index contributed by atoms with van der Waals surface area (Å²) in [4.78, 5) is 0. The van der Waals surface area contributed by atoms with Crippen LogP contribution in [0.5, 0.6) is 0 Å². The van der Waals surface area contributed by atoms with Crippen LogP contribution in [0.2, 0.25) is 0 Å². The molecule has 0 unspecified atom stereocenters. The predicted octanol–water partition coefficient (Wildman–Crippen LogP) is 11.9. The smallest absolute Gasteiger partial charge is 0.0544 e. The van der Waals surface area contributed by atoms with Crippen LogP contribution in [-0.2, 0) is 5.41 Å². The van der Waals surface area contributed by atoms with E-state index in [2.05, 4.69) is 181 Å². The molecule has 47 heavy (non-hydrogen) atoms.